The number of aromatic nitrogens is 2. The Morgan fingerprint density at radius 2 is 1.90 bits per heavy atom. The van der Waals surface area contributed by atoms with Crippen LogP contribution in [-0.2, 0) is 6.42 Å². The molecule has 1 aromatic carbocycles. The third-order valence-corrected chi connectivity index (χ3v) is 3.49. The second kappa shape index (κ2) is 7.36. The minimum absolute atomic E-state index is 0.296. The van der Waals surface area contributed by atoms with Gasteiger partial charge in [0.1, 0.15) is 23.3 Å². The molecule has 0 saturated heterocycles. The van der Waals surface area contributed by atoms with Crippen molar-refractivity contribution in [1.82, 2.24) is 9.97 Å². The Hall–Kier alpha value is -1.69. The molecule has 1 heterocycles. The van der Waals surface area contributed by atoms with Crippen molar-refractivity contribution in [3.63, 3.8) is 0 Å². The molecule has 112 valence electrons. The lowest BCUT2D eigenvalue weighted by atomic mass is 10.3. The van der Waals surface area contributed by atoms with Crippen LogP contribution in [0.3, 0.4) is 0 Å². The van der Waals surface area contributed by atoms with Crippen LogP contribution >= 0.6 is 15.9 Å². The number of aryl methyl sites for hydroxylation is 1. The molecule has 0 saturated carbocycles. The third kappa shape index (κ3) is 4.39. The van der Waals surface area contributed by atoms with Gasteiger partial charge in [-0.1, -0.05) is 6.92 Å². The summed E-state index contributed by atoms with van der Waals surface area (Å²) in [6.45, 7) is 4.88. The highest BCUT2D eigenvalue weighted by molar-refractivity contribution is 9.10. The fourth-order valence-electron chi connectivity index (χ4n) is 1.90. The van der Waals surface area contributed by atoms with Crippen molar-refractivity contribution >= 4 is 33.3 Å². The predicted octanol–water partition coefficient (Wildman–Crippen LogP) is 4.51. The number of anilines is 3. The number of nitrogens with zero attached hydrogens (tertiary/aromatic N) is 2. The predicted molar refractivity (Wildman–Crippen MR) is 87.6 cm³/mol. The van der Waals surface area contributed by atoms with Crippen LogP contribution in [0.4, 0.5) is 21.7 Å². The molecule has 2 rings (SSSR count). The monoisotopic (exact) mass is 352 g/mol. The number of benzene rings is 1. The van der Waals surface area contributed by atoms with E-state index in [4.69, 9.17) is 0 Å². The molecule has 2 N–H and O–H groups in total. The molecule has 0 spiro atoms. The molecule has 0 aliphatic carbocycles. The highest BCUT2D eigenvalue weighted by Crippen LogP contribution is 2.26. The summed E-state index contributed by atoms with van der Waals surface area (Å²) in [4.78, 5) is 8.91. The SMILES string of the molecule is CCCc1nc(NCC)cc(Nc2cc(F)ccc2Br)n1. The second-order valence-electron chi connectivity index (χ2n) is 4.58. The number of rotatable bonds is 6. The molecule has 6 heteroatoms. The van der Waals surface area contributed by atoms with E-state index in [1.807, 2.05) is 13.0 Å². The van der Waals surface area contributed by atoms with E-state index in [9.17, 15) is 4.39 Å². The van der Waals surface area contributed by atoms with Gasteiger partial charge in [0.2, 0.25) is 0 Å². The van der Waals surface area contributed by atoms with E-state index in [0.717, 1.165) is 35.5 Å². The lowest BCUT2D eigenvalue weighted by molar-refractivity contribution is 0.628. The van der Waals surface area contributed by atoms with Crippen molar-refractivity contribution < 1.29 is 4.39 Å². The molecule has 2 aromatic rings. The van der Waals surface area contributed by atoms with E-state index in [-0.39, 0.29) is 5.82 Å². The molecule has 0 bridgehead atoms. The van der Waals surface area contributed by atoms with Gasteiger partial charge >= 0.3 is 0 Å². The fourth-order valence-corrected chi connectivity index (χ4v) is 2.25. The first-order valence-electron chi connectivity index (χ1n) is 6.96. The van der Waals surface area contributed by atoms with Crippen LogP contribution in [0.1, 0.15) is 26.1 Å². The van der Waals surface area contributed by atoms with Gasteiger partial charge in [0.05, 0.1) is 5.69 Å². The average molecular weight is 353 g/mol. The van der Waals surface area contributed by atoms with Crippen LogP contribution < -0.4 is 10.6 Å². The molecule has 0 unspecified atom stereocenters. The van der Waals surface area contributed by atoms with Gasteiger partial charge in [0, 0.05) is 23.5 Å². The van der Waals surface area contributed by atoms with Gasteiger partial charge in [-0.2, -0.15) is 0 Å². The Labute approximate surface area is 132 Å². The van der Waals surface area contributed by atoms with E-state index in [0.29, 0.717) is 11.5 Å². The van der Waals surface area contributed by atoms with Gasteiger partial charge in [-0.3, -0.25) is 0 Å². The summed E-state index contributed by atoms with van der Waals surface area (Å²) in [7, 11) is 0. The maximum absolute atomic E-state index is 13.3. The molecule has 4 nitrogen and oxygen atoms in total. The second-order valence-corrected chi connectivity index (χ2v) is 5.44. The maximum atomic E-state index is 13.3. The molecular formula is C15H18BrFN4. The standard InChI is InChI=1S/C15H18BrFN4/c1-3-5-13-20-14(18-4-2)9-15(21-13)19-12-8-10(17)6-7-11(12)16/h6-9H,3-5H2,1-2H3,(H2,18,19,20,21). The van der Waals surface area contributed by atoms with Crippen LogP contribution in [0.5, 0.6) is 0 Å². The summed E-state index contributed by atoms with van der Waals surface area (Å²) in [5, 5.41) is 6.31. The van der Waals surface area contributed by atoms with Crippen LogP contribution in [0.25, 0.3) is 0 Å². The molecular weight excluding hydrogens is 335 g/mol. The summed E-state index contributed by atoms with van der Waals surface area (Å²) >= 11 is 3.40. The van der Waals surface area contributed by atoms with Gasteiger partial charge in [0.25, 0.3) is 0 Å². The van der Waals surface area contributed by atoms with Crippen molar-refractivity contribution in [3.05, 3.63) is 40.4 Å². The van der Waals surface area contributed by atoms with Crippen molar-refractivity contribution in [1.29, 1.82) is 0 Å². The molecule has 0 aliphatic rings. The van der Waals surface area contributed by atoms with Crippen molar-refractivity contribution in [3.8, 4) is 0 Å². The summed E-state index contributed by atoms with van der Waals surface area (Å²) < 4.78 is 14.1. The minimum Gasteiger partial charge on any atom is -0.370 e. The third-order valence-electron chi connectivity index (χ3n) is 2.80. The Morgan fingerprint density at radius 3 is 2.62 bits per heavy atom. The van der Waals surface area contributed by atoms with E-state index in [2.05, 4.69) is 43.5 Å². The van der Waals surface area contributed by atoms with Crippen molar-refractivity contribution in [2.75, 3.05) is 17.2 Å². The van der Waals surface area contributed by atoms with Crippen LogP contribution in [-0.4, -0.2) is 16.5 Å². The highest BCUT2D eigenvalue weighted by Gasteiger charge is 2.07. The van der Waals surface area contributed by atoms with Gasteiger partial charge in [0.15, 0.2) is 0 Å². The quantitative estimate of drug-likeness (QED) is 0.803. The smallest absolute Gasteiger partial charge is 0.136 e. The lowest BCUT2D eigenvalue weighted by Crippen LogP contribution is -2.06. The maximum Gasteiger partial charge on any atom is 0.136 e. The molecule has 0 fully saturated rings. The Morgan fingerprint density at radius 1 is 1.14 bits per heavy atom. The zero-order chi connectivity index (χ0) is 15.2. The fraction of sp³-hybridized carbons (Fsp3) is 0.333. The van der Waals surface area contributed by atoms with E-state index < -0.39 is 0 Å². The largest absolute Gasteiger partial charge is 0.370 e. The first-order chi connectivity index (χ1) is 10.1. The minimum atomic E-state index is -0.296. The Kier molecular flexibility index (Phi) is 5.50. The zero-order valence-corrected chi connectivity index (χ0v) is 13.7. The lowest BCUT2D eigenvalue weighted by Gasteiger charge is -2.11. The average Bonchev–Trinajstić information content (AvgIpc) is 2.43. The molecule has 0 aliphatic heterocycles. The summed E-state index contributed by atoms with van der Waals surface area (Å²) in [5.41, 5.74) is 0.638. The van der Waals surface area contributed by atoms with Crippen LogP contribution in [0, 0.1) is 5.82 Å². The van der Waals surface area contributed by atoms with Gasteiger partial charge < -0.3 is 10.6 Å². The normalized spacial score (nSPS) is 10.5. The van der Waals surface area contributed by atoms with Crippen LogP contribution in [0.2, 0.25) is 0 Å². The van der Waals surface area contributed by atoms with Crippen molar-refractivity contribution in [2.45, 2.75) is 26.7 Å². The zero-order valence-electron chi connectivity index (χ0n) is 12.1. The van der Waals surface area contributed by atoms with E-state index >= 15 is 0 Å². The van der Waals surface area contributed by atoms with E-state index in [1.54, 1.807) is 6.07 Å². The molecule has 0 amide bonds. The number of nitrogens with one attached hydrogen (secondary N) is 2. The molecule has 1 aromatic heterocycles. The summed E-state index contributed by atoms with van der Waals surface area (Å²) in [6.07, 6.45) is 1.77. The molecule has 0 radical (unpaired) electrons. The highest BCUT2D eigenvalue weighted by atomic mass is 79.9. The van der Waals surface area contributed by atoms with Crippen molar-refractivity contribution in [2.24, 2.45) is 0 Å². The number of halogens is 2. The van der Waals surface area contributed by atoms with E-state index in [1.165, 1.54) is 12.1 Å². The van der Waals surface area contributed by atoms with Gasteiger partial charge in [-0.05, 0) is 47.5 Å². The van der Waals surface area contributed by atoms with Gasteiger partial charge in [-0.15, -0.1) is 0 Å². The summed E-state index contributed by atoms with van der Waals surface area (Å²) in [6, 6.07) is 6.32. The topological polar surface area (TPSA) is 49.8 Å². The summed E-state index contributed by atoms with van der Waals surface area (Å²) in [5.74, 6) is 1.89. The first kappa shape index (κ1) is 15.7. The number of hydrogen-bond donors (Lipinski definition) is 2. The Balaban J connectivity index is 2.31. The number of hydrogen-bond acceptors (Lipinski definition) is 4. The first-order valence-corrected chi connectivity index (χ1v) is 7.75. The van der Waals surface area contributed by atoms with Crippen LogP contribution in [0.15, 0.2) is 28.7 Å². The Bertz CT molecular complexity index is 594. The molecule has 21 heavy (non-hydrogen) atoms. The van der Waals surface area contributed by atoms with Gasteiger partial charge in [-0.25, -0.2) is 14.4 Å². The molecule has 0 atom stereocenters.